The monoisotopic (exact) mass is 263 g/mol. The van der Waals surface area contributed by atoms with Gasteiger partial charge in [-0.15, -0.1) is 5.10 Å². The number of hydrogen-bond donors (Lipinski definition) is 2. The summed E-state index contributed by atoms with van der Waals surface area (Å²) in [5, 5.41) is 15.2. The molecule has 0 saturated heterocycles. The first kappa shape index (κ1) is 12.9. The van der Waals surface area contributed by atoms with E-state index in [0.717, 1.165) is 5.69 Å². The average Bonchev–Trinajstić information content (AvgIpc) is 2.80. The minimum Gasteiger partial charge on any atom is -0.480 e. The van der Waals surface area contributed by atoms with Gasteiger partial charge in [0.05, 0.1) is 0 Å². The van der Waals surface area contributed by atoms with E-state index in [9.17, 15) is 9.59 Å². The zero-order chi connectivity index (χ0) is 14.0. The van der Waals surface area contributed by atoms with Crippen LogP contribution in [0.2, 0.25) is 0 Å². The molecule has 2 N–H and O–H groups in total. The fourth-order valence-electron chi connectivity index (χ4n) is 1.56. The quantitative estimate of drug-likeness (QED) is 0.805. The molecule has 2 aromatic rings. The van der Waals surface area contributed by atoms with Gasteiger partial charge in [-0.1, -0.05) is 6.92 Å². The lowest BCUT2D eigenvalue weighted by molar-refractivity contribution is -0.139. The largest absolute Gasteiger partial charge is 0.480 e. The van der Waals surface area contributed by atoms with Crippen LogP contribution in [-0.2, 0) is 4.79 Å². The summed E-state index contributed by atoms with van der Waals surface area (Å²) in [6.45, 7) is 3.47. The van der Waals surface area contributed by atoms with E-state index in [1.165, 1.54) is 4.52 Å². The summed E-state index contributed by atoms with van der Waals surface area (Å²) in [7, 11) is 0. The number of aliphatic carboxylic acids is 1. The second kappa shape index (κ2) is 5.01. The smallest absolute Gasteiger partial charge is 0.326 e. The van der Waals surface area contributed by atoms with E-state index < -0.39 is 17.9 Å². The first-order valence-corrected chi connectivity index (χ1v) is 5.75. The van der Waals surface area contributed by atoms with Crippen molar-refractivity contribution in [2.45, 2.75) is 26.3 Å². The van der Waals surface area contributed by atoms with Crippen molar-refractivity contribution in [2.24, 2.45) is 0 Å². The van der Waals surface area contributed by atoms with Crippen molar-refractivity contribution >= 4 is 17.7 Å². The molecular weight excluding hydrogens is 250 g/mol. The molecule has 8 nitrogen and oxygen atoms in total. The standard InChI is InChI=1S/C11H13N5O3/c1-3-7(10(18)19)13-9(17)8-14-11-12-5-4-6(2)16(11)15-8/h4-5,7H,3H2,1-2H3,(H,13,17)(H,18,19)/t7-/m0/s1. The Hall–Kier alpha value is -2.51. The number of carbonyl (C=O) groups is 2. The minimum atomic E-state index is -1.09. The fourth-order valence-corrected chi connectivity index (χ4v) is 1.56. The summed E-state index contributed by atoms with van der Waals surface area (Å²) in [4.78, 5) is 30.6. The lowest BCUT2D eigenvalue weighted by atomic mass is 10.2. The van der Waals surface area contributed by atoms with Crippen LogP contribution in [0.1, 0.15) is 29.7 Å². The van der Waals surface area contributed by atoms with Crippen molar-refractivity contribution in [1.82, 2.24) is 24.9 Å². The highest BCUT2D eigenvalue weighted by atomic mass is 16.4. The zero-order valence-electron chi connectivity index (χ0n) is 10.5. The van der Waals surface area contributed by atoms with Gasteiger partial charge in [-0.2, -0.15) is 4.98 Å². The number of nitrogens with zero attached hydrogens (tertiary/aromatic N) is 4. The number of amides is 1. The molecule has 0 saturated carbocycles. The molecule has 0 aromatic carbocycles. The second-order valence-electron chi connectivity index (χ2n) is 4.01. The first-order valence-electron chi connectivity index (χ1n) is 5.75. The van der Waals surface area contributed by atoms with Crippen LogP contribution in [0.4, 0.5) is 0 Å². The van der Waals surface area contributed by atoms with Crippen LogP contribution in [-0.4, -0.2) is 42.6 Å². The molecule has 2 rings (SSSR count). The number of carbonyl (C=O) groups excluding carboxylic acids is 1. The number of rotatable bonds is 4. The Morgan fingerprint density at radius 3 is 2.84 bits per heavy atom. The predicted molar refractivity (Wildman–Crippen MR) is 64.7 cm³/mol. The summed E-state index contributed by atoms with van der Waals surface area (Å²) in [5.74, 6) is -1.51. The van der Waals surface area contributed by atoms with E-state index in [1.54, 1.807) is 26.1 Å². The molecule has 0 bridgehead atoms. The summed E-state index contributed by atoms with van der Waals surface area (Å²) in [6.07, 6.45) is 1.85. The van der Waals surface area contributed by atoms with Crippen LogP contribution < -0.4 is 5.32 Å². The van der Waals surface area contributed by atoms with Gasteiger partial charge < -0.3 is 10.4 Å². The molecule has 8 heteroatoms. The molecule has 0 aliphatic carbocycles. The van der Waals surface area contributed by atoms with E-state index in [0.29, 0.717) is 5.78 Å². The third kappa shape index (κ3) is 2.51. The minimum absolute atomic E-state index is 0.0958. The number of aryl methyl sites for hydroxylation is 1. The lowest BCUT2D eigenvalue weighted by Gasteiger charge is -2.09. The molecule has 1 amide bonds. The second-order valence-corrected chi connectivity index (χ2v) is 4.01. The van der Waals surface area contributed by atoms with Gasteiger partial charge in [0.15, 0.2) is 0 Å². The maximum atomic E-state index is 11.9. The van der Waals surface area contributed by atoms with Gasteiger partial charge in [0.25, 0.3) is 11.7 Å². The molecule has 2 aromatic heterocycles. The van der Waals surface area contributed by atoms with Gasteiger partial charge in [-0.25, -0.2) is 14.3 Å². The number of carboxylic acid groups (broad SMARTS) is 1. The van der Waals surface area contributed by atoms with E-state index in [1.807, 2.05) is 0 Å². The Morgan fingerprint density at radius 1 is 1.53 bits per heavy atom. The van der Waals surface area contributed by atoms with Crippen molar-refractivity contribution in [2.75, 3.05) is 0 Å². The SMILES string of the molecule is CC[C@H](NC(=O)c1nc2nccc(C)n2n1)C(=O)O. The Labute approximate surface area is 108 Å². The first-order chi connectivity index (χ1) is 9.02. The molecule has 100 valence electrons. The number of aromatic nitrogens is 4. The van der Waals surface area contributed by atoms with Crippen molar-refractivity contribution in [3.8, 4) is 0 Å². The Kier molecular flexibility index (Phi) is 3.41. The van der Waals surface area contributed by atoms with Gasteiger partial charge in [0.2, 0.25) is 5.82 Å². The summed E-state index contributed by atoms with van der Waals surface area (Å²) >= 11 is 0. The third-order valence-corrected chi connectivity index (χ3v) is 2.64. The van der Waals surface area contributed by atoms with Crippen molar-refractivity contribution in [3.63, 3.8) is 0 Å². The molecule has 2 heterocycles. The Bertz CT molecular complexity index is 636. The van der Waals surface area contributed by atoms with Crippen LogP contribution in [0.3, 0.4) is 0 Å². The number of fused-ring (bicyclic) bond motifs is 1. The Morgan fingerprint density at radius 2 is 2.26 bits per heavy atom. The highest BCUT2D eigenvalue weighted by Crippen LogP contribution is 2.02. The van der Waals surface area contributed by atoms with E-state index >= 15 is 0 Å². The molecule has 0 aliphatic rings. The average molecular weight is 263 g/mol. The zero-order valence-corrected chi connectivity index (χ0v) is 10.5. The fraction of sp³-hybridized carbons (Fsp3) is 0.364. The van der Waals surface area contributed by atoms with Crippen molar-refractivity contribution < 1.29 is 14.7 Å². The van der Waals surface area contributed by atoms with Crippen LogP contribution in [0, 0.1) is 6.92 Å². The van der Waals surface area contributed by atoms with E-state index in [-0.39, 0.29) is 12.2 Å². The Balaban J connectivity index is 2.27. The van der Waals surface area contributed by atoms with Gasteiger partial charge in [0.1, 0.15) is 6.04 Å². The van der Waals surface area contributed by atoms with Crippen LogP contribution in [0.25, 0.3) is 5.78 Å². The number of nitrogens with one attached hydrogen (secondary N) is 1. The molecule has 0 spiro atoms. The molecule has 0 fully saturated rings. The molecule has 1 atom stereocenters. The van der Waals surface area contributed by atoms with Crippen molar-refractivity contribution in [3.05, 3.63) is 23.8 Å². The topological polar surface area (TPSA) is 109 Å². The molecule has 0 aliphatic heterocycles. The highest BCUT2D eigenvalue weighted by molar-refractivity contribution is 5.93. The van der Waals surface area contributed by atoms with E-state index in [4.69, 9.17) is 5.11 Å². The van der Waals surface area contributed by atoms with Gasteiger partial charge in [-0.3, -0.25) is 4.79 Å². The molecular formula is C11H13N5O3. The summed E-state index contributed by atoms with van der Waals surface area (Å²) in [5.41, 5.74) is 0.779. The predicted octanol–water partition coefficient (Wildman–Crippen LogP) is 0.0257. The summed E-state index contributed by atoms with van der Waals surface area (Å²) < 4.78 is 1.43. The maximum Gasteiger partial charge on any atom is 0.326 e. The number of hydrogen-bond acceptors (Lipinski definition) is 5. The lowest BCUT2D eigenvalue weighted by Crippen LogP contribution is -2.40. The van der Waals surface area contributed by atoms with Gasteiger partial charge in [0, 0.05) is 11.9 Å². The number of carboxylic acids is 1. The highest BCUT2D eigenvalue weighted by Gasteiger charge is 2.21. The maximum absolute atomic E-state index is 11.9. The molecule has 19 heavy (non-hydrogen) atoms. The summed E-state index contributed by atoms with van der Waals surface area (Å²) in [6, 6.07) is 0.781. The molecule has 0 unspecified atom stereocenters. The normalized spacial score (nSPS) is 12.3. The van der Waals surface area contributed by atoms with Crippen molar-refractivity contribution in [1.29, 1.82) is 0 Å². The van der Waals surface area contributed by atoms with Gasteiger partial charge >= 0.3 is 5.97 Å². The van der Waals surface area contributed by atoms with Crippen LogP contribution in [0.15, 0.2) is 12.3 Å². The molecule has 0 radical (unpaired) electrons. The van der Waals surface area contributed by atoms with Gasteiger partial charge in [-0.05, 0) is 19.4 Å². The van der Waals surface area contributed by atoms with Crippen LogP contribution in [0.5, 0.6) is 0 Å². The van der Waals surface area contributed by atoms with E-state index in [2.05, 4.69) is 20.4 Å². The van der Waals surface area contributed by atoms with Crippen LogP contribution >= 0.6 is 0 Å². The third-order valence-electron chi connectivity index (χ3n) is 2.64.